The van der Waals surface area contributed by atoms with Crippen molar-refractivity contribution in [2.75, 3.05) is 26.2 Å². The predicted octanol–water partition coefficient (Wildman–Crippen LogP) is 1.52. The van der Waals surface area contributed by atoms with Crippen LogP contribution in [0, 0.1) is 5.92 Å². The van der Waals surface area contributed by atoms with Crippen molar-refractivity contribution < 1.29 is 23.1 Å². The van der Waals surface area contributed by atoms with Crippen LogP contribution in [0.15, 0.2) is 24.3 Å². The molecule has 0 aromatic heterocycles. The normalized spacial score (nSPS) is 23.2. The molecule has 3 rings (SSSR count). The monoisotopic (exact) mass is 342 g/mol. The summed E-state index contributed by atoms with van der Waals surface area (Å²) in [6.45, 7) is 0.0940. The van der Waals surface area contributed by atoms with Crippen molar-refractivity contribution in [3.8, 4) is 0 Å². The van der Waals surface area contributed by atoms with E-state index in [9.17, 15) is 23.1 Å². The number of hydrogen-bond acceptors (Lipinski definition) is 3. The van der Waals surface area contributed by atoms with Gasteiger partial charge in [0, 0.05) is 25.9 Å². The fourth-order valence-electron chi connectivity index (χ4n) is 3.63. The van der Waals surface area contributed by atoms with Gasteiger partial charge in [0.2, 0.25) is 0 Å². The third kappa shape index (κ3) is 3.89. The second-order valence-corrected chi connectivity index (χ2v) is 6.87. The molecule has 1 aromatic carbocycles. The summed E-state index contributed by atoms with van der Waals surface area (Å²) in [7, 11) is 0. The minimum Gasteiger partial charge on any atom is -0.379 e. The van der Waals surface area contributed by atoms with E-state index in [2.05, 4.69) is 5.32 Å². The predicted molar refractivity (Wildman–Crippen MR) is 82.4 cm³/mol. The molecule has 1 unspecified atom stereocenters. The van der Waals surface area contributed by atoms with Gasteiger partial charge in [-0.05, 0) is 30.0 Å². The molecule has 7 heteroatoms. The molecule has 2 N–H and O–H groups in total. The fraction of sp³-hybridized carbons (Fsp3) is 0.588. The molecule has 0 spiro atoms. The van der Waals surface area contributed by atoms with Crippen molar-refractivity contribution in [3.63, 3.8) is 0 Å². The Bertz CT molecular complexity index is 593. The number of carbonyl (C=O) groups is 1. The molecule has 0 radical (unpaired) electrons. The number of nitrogens with zero attached hydrogens (tertiary/aromatic N) is 1. The molecule has 1 aliphatic heterocycles. The van der Waals surface area contributed by atoms with Gasteiger partial charge in [-0.3, -0.25) is 9.69 Å². The van der Waals surface area contributed by atoms with Gasteiger partial charge in [0.05, 0.1) is 6.54 Å². The van der Waals surface area contributed by atoms with E-state index in [-0.39, 0.29) is 18.8 Å². The Morgan fingerprint density at radius 2 is 1.92 bits per heavy atom. The quantitative estimate of drug-likeness (QED) is 0.872. The average Bonchev–Trinajstić information content (AvgIpc) is 3.06. The maximum absolute atomic E-state index is 12.4. The number of likely N-dealkylation sites (tertiary alicyclic amines) is 1. The van der Waals surface area contributed by atoms with Crippen LogP contribution in [-0.2, 0) is 17.6 Å². The zero-order valence-electron chi connectivity index (χ0n) is 13.3. The lowest BCUT2D eigenvalue weighted by Gasteiger charge is -2.23. The van der Waals surface area contributed by atoms with Gasteiger partial charge in [-0.1, -0.05) is 24.3 Å². The lowest BCUT2D eigenvalue weighted by Crippen LogP contribution is -2.49. The van der Waals surface area contributed by atoms with Gasteiger partial charge in [-0.15, -0.1) is 0 Å². The molecule has 2 aliphatic rings. The van der Waals surface area contributed by atoms with E-state index in [4.69, 9.17) is 0 Å². The van der Waals surface area contributed by atoms with Crippen molar-refractivity contribution in [2.45, 2.75) is 31.0 Å². The van der Waals surface area contributed by atoms with Gasteiger partial charge in [0.25, 0.3) is 5.91 Å². The van der Waals surface area contributed by atoms with E-state index in [1.165, 1.54) is 4.90 Å². The number of nitrogens with one attached hydrogen (secondary N) is 1. The van der Waals surface area contributed by atoms with E-state index in [1.807, 2.05) is 24.3 Å². The van der Waals surface area contributed by atoms with Crippen LogP contribution < -0.4 is 5.32 Å². The molecule has 24 heavy (non-hydrogen) atoms. The summed E-state index contributed by atoms with van der Waals surface area (Å²) < 4.78 is 37.2. The number of halogens is 3. The molecule has 1 amide bonds. The molecule has 0 saturated carbocycles. The van der Waals surface area contributed by atoms with Gasteiger partial charge in [-0.2, -0.15) is 13.2 Å². The lowest BCUT2D eigenvalue weighted by atomic mass is 9.99. The zero-order chi connectivity index (χ0) is 17.4. The second kappa shape index (κ2) is 6.37. The summed E-state index contributed by atoms with van der Waals surface area (Å²) >= 11 is 0. The topological polar surface area (TPSA) is 52.6 Å². The van der Waals surface area contributed by atoms with E-state index in [0.717, 1.165) is 11.1 Å². The average molecular weight is 342 g/mol. The maximum Gasteiger partial charge on any atom is 0.401 e. The van der Waals surface area contributed by atoms with Crippen LogP contribution in [0.2, 0.25) is 0 Å². The van der Waals surface area contributed by atoms with Gasteiger partial charge in [0.15, 0.2) is 5.60 Å². The fourth-order valence-corrected chi connectivity index (χ4v) is 3.63. The lowest BCUT2D eigenvalue weighted by molar-refractivity contribution is -0.144. The van der Waals surface area contributed by atoms with Gasteiger partial charge in [-0.25, -0.2) is 0 Å². The summed E-state index contributed by atoms with van der Waals surface area (Å²) in [5, 5.41) is 13.3. The number of fused-ring (bicyclic) bond motifs is 1. The molecule has 1 fully saturated rings. The maximum atomic E-state index is 12.4. The van der Waals surface area contributed by atoms with Crippen molar-refractivity contribution in [3.05, 3.63) is 35.4 Å². The molecule has 1 aromatic rings. The van der Waals surface area contributed by atoms with Crippen LogP contribution >= 0.6 is 0 Å². The number of hydrogen-bond donors (Lipinski definition) is 2. The summed E-state index contributed by atoms with van der Waals surface area (Å²) in [5.74, 6) is -0.448. The molecule has 1 aliphatic carbocycles. The molecule has 1 saturated heterocycles. The Labute approximate surface area is 138 Å². The van der Waals surface area contributed by atoms with E-state index >= 15 is 0 Å². The molecule has 4 nitrogen and oxygen atoms in total. The van der Waals surface area contributed by atoms with Crippen LogP contribution in [0.4, 0.5) is 13.2 Å². The van der Waals surface area contributed by atoms with Crippen LogP contribution in [0.25, 0.3) is 0 Å². The SMILES string of the molecule is O=C(NCC1CCN(CC(F)(F)F)C1)C1(O)Cc2ccccc2C1. The Hall–Kier alpha value is -1.60. The first-order valence-electron chi connectivity index (χ1n) is 8.12. The molecule has 0 bridgehead atoms. The van der Waals surface area contributed by atoms with Crippen molar-refractivity contribution in [1.82, 2.24) is 10.2 Å². The highest BCUT2D eigenvalue weighted by molar-refractivity contribution is 5.86. The van der Waals surface area contributed by atoms with E-state index < -0.39 is 24.2 Å². The number of alkyl halides is 3. The Morgan fingerprint density at radius 3 is 2.50 bits per heavy atom. The van der Waals surface area contributed by atoms with Crippen LogP contribution in [-0.4, -0.2) is 53.9 Å². The molecule has 132 valence electrons. The number of rotatable bonds is 4. The highest BCUT2D eigenvalue weighted by Gasteiger charge is 2.42. The largest absolute Gasteiger partial charge is 0.401 e. The zero-order valence-corrected chi connectivity index (χ0v) is 13.3. The Kier molecular flexibility index (Phi) is 4.57. The second-order valence-electron chi connectivity index (χ2n) is 6.87. The highest BCUT2D eigenvalue weighted by Crippen LogP contribution is 2.30. The van der Waals surface area contributed by atoms with Gasteiger partial charge >= 0.3 is 6.18 Å². The van der Waals surface area contributed by atoms with Crippen molar-refractivity contribution >= 4 is 5.91 Å². The Balaban J connectivity index is 1.49. The molecule has 1 heterocycles. The number of benzene rings is 1. The van der Waals surface area contributed by atoms with E-state index in [0.29, 0.717) is 26.1 Å². The van der Waals surface area contributed by atoms with Crippen molar-refractivity contribution in [1.29, 1.82) is 0 Å². The number of aliphatic hydroxyl groups is 1. The summed E-state index contributed by atoms with van der Waals surface area (Å²) in [6.07, 6.45) is -3.02. The number of amides is 1. The molecular formula is C17H21F3N2O2. The van der Waals surface area contributed by atoms with Crippen LogP contribution in [0.1, 0.15) is 17.5 Å². The first kappa shape index (κ1) is 17.2. The minimum atomic E-state index is -4.19. The van der Waals surface area contributed by atoms with Crippen LogP contribution in [0.3, 0.4) is 0 Å². The van der Waals surface area contributed by atoms with Crippen LogP contribution in [0.5, 0.6) is 0 Å². The smallest absolute Gasteiger partial charge is 0.379 e. The first-order valence-corrected chi connectivity index (χ1v) is 8.12. The first-order chi connectivity index (χ1) is 11.3. The Morgan fingerprint density at radius 1 is 1.29 bits per heavy atom. The third-order valence-corrected chi connectivity index (χ3v) is 4.83. The molecular weight excluding hydrogens is 321 g/mol. The minimum absolute atomic E-state index is 0.0105. The molecule has 1 atom stereocenters. The summed E-state index contributed by atoms with van der Waals surface area (Å²) in [6, 6.07) is 7.53. The van der Waals surface area contributed by atoms with E-state index in [1.54, 1.807) is 0 Å². The standard InChI is InChI=1S/C17H21F3N2O2/c18-17(19,20)11-22-6-5-12(10-22)9-21-15(23)16(24)7-13-3-1-2-4-14(13)8-16/h1-4,12,24H,5-11H2,(H,21,23). The summed E-state index contributed by atoms with van der Waals surface area (Å²) in [4.78, 5) is 13.7. The van der Waals surface area contributed by atoms with Crippen molar-refractivity contribution in [2.24, 2.45) is 5.92 Å². The summed E-state index contributed by atoms with van der Waals surface area (Å²) in [5.41, 5.74) is 0.480. The number of carbonyl (C=O) groups excluding carboxylic acids is 1. The third-order valence-electron chi connectivity index (χ3n) is 4.83. The van der Waals surface area contributed by atoms with Gasteiger partial charge < -0.3 is 10.4 Å². The highest BCUT2D eigenvalue weighted by atomic mass is 19.4. The van der Waals surface area contributed by atoms with Gasteiger partial charge in [0.1, 0.15) is 0 Å².